The molecule has 0 amide bonds. The highest BCUT2D eigenvalue weighted by molar-refractivity contribution is 5.94. The summed E-state index contributed by atoms with van der Waals surface area (Å²) in [6.07, 6.45) is 27.5. The maximum Gasteiger partial charge on any atom is 0.0467 e. The van der Waals surface area contributed by atoms with Gasteiger partial charge in [0.25, 0.3) is 0 Å². The number of fused-ring (bicyclic) bond motifs is 2. The van der Waals surface area contributed by atoms with Crippen LogP contribution in [0.5, 0.6) is 0 Å². The number of allylic oxidation sites excluding steroid dienone is 4. The third kappa shape index (κ3) is 18.2. The average molecular weight is 1420 g/mol. The SMILES string of the molecule is Cc1ccc(C(=Cc2ccc(N(c3cccc(/C=C/C=C(c4ccccc4)c4ccccc4)c3)c3ccc4c(c3)CCCC4)cc2)c2ccc(C)cc2)cc1.Cc1ccc(C(=Cc2cccc(N(c3ccc(/C=C/C=C(c4ccccc4)c4ccccc4)cc3)c3ccc4c(c3)CCCC4)c2)c2ccc(C)cc2)cc1. The Hall–Kier alpha value is -12.9. The van der Waals surface area contributed by atoms with Crippen molar-refractivity contribution < 1.29 is 0 Å². The first-order valence-electron chi connectivity index (χ1n) is 39.1. The summed E-state index contributed by atoms with van der Waals surface area (Å²) in [5.74, 6) is 0. The van der Waals surface area contributed by atoms with Crippen LogP contribution < -0.4 is 9.80 Å². The van der Waals surface area contributed by atoms with Crippen molar-refractivity contribution in [3.63, 3.8) is 0 Å². The van der Waals surface area contributed by atoms with Crippen molar-refractivity contribution in [1.82, 2.24) is 0 Å². The number of hydrogen-bond donors (Lipinski definition) is 0. The quantitative estimate of drug-likeness (QED) is 0.0554. The van der Waals surface area contributed by atoms with Crippen molar-refractivity contribution in [1.29, 1.82) is 0 Å². The van der Waals surface area contributed by atoms with E-state index in [1.165, 1.54) is 167 Å². The summed E-state index contributed by atoms with van der Waals surface area (Å²) in [6.45, 7) is 8.57. The molecule has 2 aliphatic rings. The minimum Gasteiger partial charge on any atom is -0.310 e. The third-order valence-corrected chi connectivity index (χ3v) is 21.3. The van der Waals surface area contributed by atoms with Gasteiger partial charge in [0, 0.05) is 34.1 Å². The van der Waals surface area contributed by atoms with Gasteiger partial charge in [-0.1, -0.05) is 338 Å². The van der Waals surface area contributed by atoms with E-state index < -0.39 is 0 Å². The van der Waals surface area contributed by atoms with E-state index in [1.54, 1.807) is 0 Å². The molecule has 2 aliphatic carbocycles. The van der Waals surface area contributed by atoms with Crippen LogP contribution in [0, 0.1) is 27.7 Å². The molecule has 536 valence electrons. The van der Waals surface area contributed by atoms with Gasteiger partial charge in [-0.25, -0.2) is 0 Å². The standard InChI is InChI=1S/2C54H47N/c1-40-23-29-47(30-24-40)54(48-31-25-41(2)26-32-48)38-43-14-11-21-51(37-43)55(52-36-33-44-15-9-10-20-49(44)39-52)50-34-27-42(28-35-50)13-12-22-53(45-16-5-3-6-17-45)46-18-7-4-8-19-46;1-40-23-29-47(30-24-40)54(48-31-25-41(2)26-32-48)38-43-27-34-50(35-28-43)55(52-36-33-44-15-9-10-20-49(44)39-52)51-21-11-13-42(37-51)14-12-22-53(45-16-5-3-6-17-45)46-18-7-4-8-19-46/h2*3-8,11-14,16-19,21-39H,9-10,15,20H2,1-2H3/b13-12+;14-12+. The summed E-state index contributed by atoms with van der Waals surface area (Å²) in [5, 5.41) is 0. The Balaban J connectivity index is 0.000000175. The Morgan fingerprint density at radius 1 is 0.218 bits per heavy atom. The number of hydrogen-bond acceptors (Lipinski definition) is 2. The highest BCUT2D eigenvalue weighted by Crippen LogP contribution is 2.41. The second-order valence-corrected chi connectivity index (χ2v) is 29.3. The van der Waals surface area contributed by atoms with Gasteiger partial charge in [-0.05, 0) is 275 Å². The lowest BCUT2D eigenvalue weighted by molar-refractivity contribution is 0.685. The molecule has 0 radical (unpaired) electrons. The molecule has 2 nitrogen and oxygen atoms in total. The smallest absolute Gasteiger partial charge is 0.0467 e. The summed E-state index contributed by atoms with van der Waals surface area (Å²) in [5.41, 5.74) is 37.1. The van der Waals surface area contributed by atoms with Gasteiger partial charge in [0.05, 0.1) is 0 Å². The number of rotatable bonds is 20. The molecule has 0 bridgehead atoms. The summed E-state index contributed by atoms with van der Waals surface area (Å²) in [6, 6.07) is 128. The second kappa shape index (κ2) is 35.2. The van der Waals surface area contributed by atoms with Crippen LogP contribution in [-0.4, -0.2) is 0 Å². The van der Waals surface area contributed by atoms with Gasteiger partial charge in [-0.3, -0.25) is 0 Å². The van der Waals surface area contributed by atoms with Gasteiger partial charge < -0.3 is 9.80 Å². The fourth-order valence-electron chi connectivity index (χ4n) is 15.2. The van der Waals surface area contributed by atoms with Gasteiger partial charge >= 0.3 is 0 Å². The van der Waals surface area contributed by atoms with Gasteiger partial charge in [-0.2, -0.15) is 0 Å². The number of anilines is 6. The lowest BCUT2D eigenvalue weighted by Crippen LogP contribution is -2.12. The van der Waals surface area contributed by atoms with Crippen molar-refractivity contribution >= 4 is 80.7 Å². The first kappa shape index (κ1) is 72.7. The number of benzene rings is 14. The number of aryl methyl sites for hydroxylation is 8. The van der Waals surface area contributed by atoms with Crippen LogP contribution in [0.25, 0.3) is 46.6 Å². The molecule has 0 heterocycles. The Labute approximate surface area is 652 Å². The first-order chi connectivity index (χ1) is 54.1. The van der Waals surface area contributed by atoms with Crippen molar-refractivity contribution in [2.45, 2.75) is 79.1 Å². The fraction of sp³-hybridized carbons (Fsp3) is 0.111. The van der Waals surface area contributed by atoms with Gasteiger partial charge in [0.1, 0.15) is 0 Å². The molecule has 14 aromatic carbocycles. The minimum atomic E-state index is 1.14. The normalized spacial score (nSPS) is 12.2. The summed E-state index contributed by atoms with van der Waals surface area (Å²) >= 11 is 0. The maximum atomic E-state index is 2.42. The monoisotopic (exact) mass is 1420 g/mol. The van der Waals surface area contributed by atoms with E-state index in [0.717, 1.165) is 52.3 Å². The van der Waals surface area contributed by atoms with E-state index in [0.29, 0.717) is 0 Å². The molecule has 0 saturated carbocycles. The average Bonchev–Trinajstić information content (AvgIpc) is 0.800. The second-order valence-electron chi connectivity index (χ2n) is 29.3. The van der Waals surface area contributed by atoms with E-state index >= 15 is 0 Å². The van der Waals surface area contributed by atoms with E-state index in [4.69, 9.17) is 0 Å². The molecule has 16 rings (SSSR count). The Kier molecular flexibility index (Phi) is 23.3. The molecule has 110 heavy (non-hydrogen) atoms. The molecular formula is C108H94N2. The molecular weight excluding hydrogens is 1330 g/mol. The highest BCUT2D eigenvalue weighted by atomic mass is 15.1. The molecule has 0 aromatic heterocycles. The van der Waals surface area contributed by atoms with E-state index in [-0.39, 0.29) is 0 Å². The van der Waals surface area contributed by atoms with E-state index in [1.807, 2.05) is 0 Å². The molecule has 0 spiro atoms. The predicted molar refractivity (Wildman–Crippen MR) is 472 cm³/mol. The zero-order valence-electron chi connectivity index (χ0n) is 63.7. The van der Waals surface area contributed by atoms with Crippen LogP contribution in [-0.2, 0) is 25.7 Å². The Morgan fingerprint density at radius 3 is 0.882 bits per heavy atom. The molecule has 2 heteroatoms. The van der Waals surface area contributed by atoms with Crippen LogP contribution in [0.15, 0.2) is 376 Å². The van der Waals surface area contributed by atoms with Crippen molar-refractivity contribution in [2.24, 2.45) is 0 Å². The lowest BCUT2D eigenvalue weighted by Gasteiger charge is -2.28. The highest BCUT2D eigenvalue weighted by Gasteiger charge is 2.20. The number of nitrogens with zero attached hydrogens (tertiary/aromatic N) is 2. The third-order valence-electron chi connectivity index (χ3n) is 21.3. The van der Waals surface area contributed by atoms with E-state index in [2.05, 4.69) is 438 Å². The fourth-order valence-corrected chi connectivity index (χ4v) is 15.2. The molecule has 0 saturated heterocycles. The van der Waals surface area contributed by atoms with Crippen molar-refractivity contribution in [2.75, 3.05) is 9.80 Å². The predicted octanol–water partition coefficient (Wildman–Crippen LogP) is 28.8. The Morgan fingerprint density at radius 2 is 0.509 bits per heavy atom. The molecule has 0 N–H and O–H groups in total. The van der Waals surface area contributed by atoms with Crippen LogP contribution in [0.2, 0.25) is 0 Å². The van der Waals surface area contributed by atoms with Crippen LogP contribution in [0.1, 0.15) is 137 Å². The largest absolute Gasteiger partial charge is 0.310 e. The zero-order valence-corrected chi connectivity index (χ0v) is 63.7. The molecule has 0 atom stereocenters. The zero-order chi connectivity index (χ0) is 74.8. The van der Waals surface area contributed by atoms with Gasteiger partial charge in [0.15, 0.2) is 0 Å². The van der Waals surface area contributed by atoms with Gasteiger partial charge in [-0.15, -0.1) is 0 Å². The molecule has 0 aliphatic heterocycles. The maximum absolute atomic E-state index is 2.42. The Bertz CT molecular complexity index is 5430. The molecule has 0 unspecified atom stereocenters. The summed E-state index contributed by atoms with van der Waals surface area (Å²) < 4.78 is 0. The topological polar surface area (TPSA) is 6.48 Å². The molecule has 14 aromatic rings. The van der Waals surface area contributed by atoms with E-state index in [9.17, 15) is 0 Å². The van der Waals surface area contributed by atoms with Gasteiger partial charge in [0.2, 0.25) is 0 Å². The lowest BCUT2D eigenvalue weighted by atomic mass is 9.91. The minimum absolute atomic E-state index is 1.14. The van der Waals surface area contributed by atoms with Crippen LogP contribution in [0.4, 0.5) is 34.1 Å². The summed E-state index contributed by atoms with van der Waals surface area (Å²) in [4.78, 5) is 4.83. The molecule has 0 fully saturated rings. The first-order valence-corrected chi connectivity index (χ1v) is 39.1. The van der Waals surface area contributed by atoms with Crippen LogP contribution >= 0.6 is 0 Å². The van der Waals surface area contributed by atoms with Crippen LogP contribution in [0.3, 0.4) is 0 Å². The van der Waals surface area contributed by atoms with Crippen molar-refractivity contribution in [3.8, 4) is 0 Å². The van der Waals surface area contributed by atoms with Crippen molar-refractivity contribution in [3.05, 3.63) is 487 Å². The summed E-state index contributed by atoms with van der Waals surface area (Å²) in [7, 11) is 0.